The van der Waals surface area contributed by atoms with E-state index in [0.29, 0.717) is 17.2 Å². The monoisotopic (exact) mass is 367 g/mol. The van der Waals surface area contributed by atoms with Crippen molar-refractivity contribution in [3.05, 3.63) is 58.0 Å². The average Bonchev–Trinajstić information content (AvgIpc) is 2.47. The molecule has 0 spiro atoms. The van der Waals surface area contributed by atoms with Crippen LogP contribution in [0.3, 0.4) is 0 Å². The molecule has 0 unspecified atom stereocenters. The molecular formula is C16H15BrClNO2. The zero-order chi connectivity index (χ0) is 15.2. The number of amides is 1. The Bertz CT molecular complexity index is 616. The Balaban J connectivity index is 2.03. The van der Waals surface area contributed by atoms with Crippen molar-refractivity contribution in [2.45, 2.75) is 19.4 Å². The molecule has 1 amide bonds. The molecule has 1 atom stereocenters. The van der Waals surface area contributed by atoms with Gasteiger partial charge in [-0.3, -0.25) is 4.79 Å². The third-order valence-corrected chi connectivity index (χ3v) is 3.61. The Morgan fingerprint density at radius 2 is 2.00 bits per heavy atom. The fraction of sp³-hybridized carbons (Fsp3) is 0.188. The molecule has 0 saturated carbocycles. The van der Waals surface area contributed by atoms with Gasteiger partial charge in [0.05, 0.1) is 0 Å². The highest BCUT2D eigenvalue weighted by Crippen LogP contribution is 2.20. The zero-order valence-corrected chi connectivity index (χ0v) is 13.8. The smallest absolute Gasteiger partial charge is 0.265 e. The van der Waals surface area contributed by atoms with E-state index in [2.05, 4.69) is 21.2 Å². The van der Waals surface area contributed by atoms with Gasteiger partial charge in [0.2, 0.25) is 0 Å². The van der Waals surface area contributed by atoms with Crippen LogP contribution in [0.25, 0.3) is 0 Å². The van der Waals surface area contributed by atoms with Gasteiger partial charge in [0.25, 0.3) is 5.91 Å². The largest absolute Gasteiger partial charge is 0.481 e. The maximum Gasteiger partial charge on any atom is 0.265 e. The summed E-state index contributed by atoms with van der Waals surface area (Å²) in [6, 6.07) is 14.4. The second kappa shape index (κ2) is 7.48. The van der Waals surface area contributed by atoms with Crippen molar-refractivity contribution >= 4 is 39.1 Å². The Labute approximate surface area is 137 Å². The van der Waals surface area contributed by atoms with Gasteiger partial charge in [0.1, 0.15) is 5.75 Å². The molecule has 0 radical (unpaired) electrons. The Hall–Kier alpha value is -1.52. The van der Waals surface area contributed by atoms with Gasteiger partial charge in [-0.25, -0.2) is 0 Å². The third-order valence-electron chi connectivity index (χ3n) is 2.85. The first-order valence-corrected chi connectivity index (χ1v) is 7.74. The molecule has 2 aromatic carbocycles. The number of carbonyl (C=O) groups excluding carboxylic acids is 1. The molecule has 0 aliphatic heterocycles. The Morgan fingerprint density at radius 1 is 1.29 bits per heavy atom. The van der Waals surface area contributed by atoms with Gasteiger partial charge in [-0.2, -0.15) is 0 Å². The van der Waals surface area contributed by atoms with Crippen molar-refractivity contribution in [2.75, 3.05) is 5.32 Å². The number of hydrogen-bond acceptors (Lipinski definition) is 2. The van der Waals surface area contributed by atoms with E-state index in [0.717, 1.165) is 10.2 Å². The number of halogens is 2. The van der Waals surface area contributed by atoms with Crippen LogP contribution in [-0.2, 0) is 4.79 Å². The van der Waals surface area contributed by atoms with Gasteiger partial charge in [-0.05, 0) is 48.9 Å². The lowest BCUT2D eigenvalue weighted by atomic mass is 10.2. The van der Waals surface area contributed by atoms with Crippen LogP contribution in [0.1, 0.15) is 13.3 Å². The van der Waals surface area contributed by atoms with Crippen LogP contribution in [-0.4, -0.2) is 12.0 Å². The zero-order valence-electron chi connectivity index (χ0n) is 11.5. The molecule has 21 heavy (non-hydrogen) atoms. The van der Waals surface area contributed by atoms with E-state index in [9.17, 15) is 4.79 Å². The van der Waals surface area contributed by atoms with Crippen molar-refractivity contribution in [1.29, 1.82) is 0 Å². The molecule has 0 fully saturated rings. The summed E-state index contributed by atoms with van der Waals surface area (Å²) in [6.07, 6.45) is 0.00150. The highest BCUT2D eigenvalue weighted by Gasteiger charge is 2.18. The quantitative estimate of drug-likeness (QED) is 0.815. The van der Waals surface area contributed by atoms with Crippen LogP contribution in [0.2, 0.25) is 5.02 Å². The van der Waals surface area contributed by atoms with Gasteiger partial charge >= 0.3 is 0 Å². The lowest BCUT2D eigenvalue weighted by Gasteiger charge is -2.17. The average molecular weight is 369 g/mol. The number of rotatable bonds is 5. The van der Waals surface area contributed by atoms with E-state index in [4.69, 9.17) is 16.3 Å². The van der Waals surface area contributed by atoms with E-state index in [1.54, 1.807) is 24.3 Å². The van der Waals surface area contributed by atoms with Crippen molar-refractivity contribution in [3.8, 4) is 5.75 Å². The minimum Gasteiger partial charge on any atom is -0.481 e. The van der Waals surface area contributed by atoms with Crippen LogP contribution < -0.4 is 10.1 Å². The van der Waals surface area contributed by atoms with Crippen LogP contribution in [0.4, 0.5) is 5.69 Å². The summed E-state index contributed by atoms with van der Waals surface area (Å²) in [4.78, 5) is 12.2. The molecule has 2 rings (SSSR count). The lowest BCUT2D eigenvalue weighted by Crippen LogP contribution is -2.32. The standard InChI is InChI=1S/C16H15BrClNO2/c1-2-15(21-14-5-3-4-12(18)10-14)16(20)19-13-8-6-11(17)7-9-13/h3-10,15H,2H2,1H3,(H,19,20)/t15-/m0/s1. The predicted molar refractivity (Wildman–Crippen MR) is 88.9 cm³/mol. The minimum absolute atomic E-state index is 0.181. The molecule has 110 valence electrons. The van der Waals surface area contributed by atoms with Crippen molar-refractivity contribution < 1.29 is 9.53 Å². The lowest BCUT2D eigenvalue weighted by molar-refractivity contribution is -0.122. The van der Waals surface area contributed by atoms with Gasteiger partial charge in [0.15, 0.2) is 6.10 Å². The minimum atomic E-state index is -0.563. The summed E-state index contributed by atoms with van der Waals surface area (Å²) in [5, 5.41) is 3.42. The first kappa shape index (κ1) is 15.9. The SMILES string of the molecule is CC[C@H](Oc1cccc(Cl)c1)C(=O)Nc1ccc(Br)cc1. The molecule has 0 bridgehead atoms. The molecule has 0 heterocycles. The number of anilines is 1. The van der Waals surface area contributed by atoms with E-state index in [1.165, 1.54) is 0 Å². The van der Waals surface area contributed by atoms with E-state index >= 15 is 0 Å². The first-order valence-electron chi connectivity index (χ1n) is 6.57. The summed E-state index contributed by atoms with van der Waals surface area (Å²) in [5.74, 6) is 0.403. The molecule has 5 heteroatoms. The number of ether oxygens (including phenoxy) is 1. The predicted octanol–water partition coefficient (Wildman–Crippen LogP) is 4.90. The number of benzene rings is 2. The Morgan fingerprint density at radius 3 is 2.62 bits per heavy atom. The highest BCUT2D eigenvalue weighted by molar-refractivity contribution is 9.10. The fourth-order valence-electron chi connectivity index (χ4n) is 1.78. The molecule has 3 nitrogen and oxygen atoms in total. The van der Waals surface area contributed by atoms with Crippen molar-refractivity contribution in [3.63, 3.8) is 0 Å². The summed E-state index contributed by atoms with van der Waals surface area (Å²) in [6.45, 7) is 1.90. The van der Waals surface area contributed by atoms with Crippen LogP contribution >= 0.6 is 27.5 Å². The molecule has 0 saturated heterocycles. The summed E-state index contributed by atoms with van der Waals surface area (Å²) in [5.41, 5.74) is 0.733. The normalized spacial score (nSPS) is 11.8. The molecule has 0 aliphatic rings. The first-order chi connectivity index (χ1) is 10.1. The third kappa shape index (κ3) is 4.76. The molecule has 0 aromatic heterocycles. The number of carbonyl (C=O) groups is 1. The summed E-state index contributed by atoms with van der Waals surface area (Å²) < 4.78 is 6.66. The van der Waals surface area contributed by atoms with Crippen LogP contribution in [0.15, 0.2) is 53.0 Å². The van der Waals surface area contributed by atoms with Gasteiger partial charge in [-0.15, -0.1) is 0 Å². The van der Waals surface area contributed by atoms with Gasteiger partial charge in [0, 0.05) is 15.2 Å². The second-order valence-corrected chi connectivity index (χ2v) is 5.82. The summed E-state index contributed by atoms with van der Waals surface area (Å²) >= 11 is 9.27. The van der Waals surface area contributed by atoms with E-state index in [1.807, 2.05) is 31.2 Å². The van der Waals surface area contributed by atoms with E-state index in [-0.39, 0.29) is 5.91 Å². The molecule has 0 aliphatic carbocycles. The summed E-state index contributed by atoms with van der Waals surface area (Å²) in [7, 11) is 0. The van der Waals surface area contributed by atoms with Gasteiger partial charge < -0.3 is 10.1 Å². The van der Waals surface area contributed by atoms with Crippen LogP contribution in [0, 0.1) is 0 Å². The van der Waals surface area contributed by atoms with Crippen molar-refractivity contribution in [2.24, 2.45) is 0 Å². The van der Waals surface area contributed by atoms with Gasteiger partial charge in [-0.1, -0.05) is 40.5 Å². The topological polar surface area (TPSA) is 38.3 Å². The van der Waals surface area contributed by atoms with E-state index < -0.39 is 6.10 Å². The van der Waals surface area contributed by atoms with Crippen molar-refractivity contribution in [1.82, 2.24) is 0 Å². The highest BCUT2D eigenvalue weighted by atomic mass is 79.9. The Kier molecular flexibility index (Phi) is 5.65. The molecule has 1 N–H and O–H groups in total. The fourth-order valence-corrected chi connectivity index (χ4v) is 2.23. The molecular weight excluding hydrogens is 354 g/mol. The maximum absolute atomic E-state index is 12.2. The maximum atomic E-state index is 12.2. The number of hydrogen-bond donors (Lipinski definition) is 1. The molecule has 2 aromatic rings. The number of nitrogens with one attached hydrogen (secondary N) is 1. The van der Waals surface area contributed by atoms with Crippen LogP contribution in [0.5, 0.6) is 5.75 Å². The second-order valence-electron chi connectivity index (χ2n) is 4.47.